The average Bonchev–Trinajstić information content (AvgIpc) is 2.76. The van der Waals surface area contributed by atoms with E-state index < -0.39 is 23.8 Å². The molecule has 3 amide bonds. The second-order valence-electron chi connectivity index (χ2n) is 6.97. The highest BCUT2D eigenvalue weighted by Gasteiger charge is 2.41. The van der Waals surface area contributed by atoms with Gasteiger partial charge in [0.1, 0.15) is 5.60 Å². The van der Waals surface area contributed by atoms with Gasteiger partial charge in [0.2, 0.25) is 0 Å². The van der Waals surface area contributed by atoms with Crippen LogP contribution in [0.25, 0.3) is 0 Å². The molecule has 7 heteroatoms. The van der Waals surface area contributed by atoms with Crippen LogP contribution in [0.2, 0.25) is 0 Å². The Kier molecular flexibility index (Phi) is 5.47. The van der Waals surface area contributed by atoms with Crippen molar-refractivity contribution in [3.63, 3.8) is 0 Å². The van der Waals surface area contributed by atoms with Gasteiger partial charge < -0.3 is 14.8 Å². The molecule has 1 aliphatic rings. The van der Waals surface area contributed by atoms with E-state index in [1.807, 2.05) is 0 Å². The molecule has 1 aliphatic heterocycles. The molecule has 136 valence electrons. The van der Waals surface area contributed by atoms with Gasteiger partial charge in [-0.1, -0.05) is 12.1 Å². The van der Waals surface area contributed by atoms with Crippen LogP contribution in [0.5, 0.6) is 0 Å². The molecule has 0 radical (unpaired) electrons. The highest BCUT2D eigenvalue weighted by molar-refractivity contribution is 6.21. The number of nitrogens with one attached hydrogen (secondary N) is 1. The summed E-state index contributed by atoms with van der Waals surface area (Å²) in [6.45, 7) is 7.10. The average molecular weight is 348 g/mol. The Balaban J connectivity index is 2.18. The smallest absolute Gasteiger partial charge is 0.408 e. The summed E-state index contributed by atoms with van der Waals surface area (Å²) in [6, 6.07) is 5.47. The second-order valence-corrected chi connectivity index (χ2v) is 6.97. The third-order valence-corrected chi connectivity index (χ3v) is 3.86. The van der Waals surface area contributed by atoms with E-state index >= 15 is 0 Å². The number of imide groups is 1. The fourth-order valence-electron chi connectivity index (χ4n) is 2.70. The molecule has 2 atom stereocenters. The number of amides is 3. The van der Waals surface area contributed by atoms with Crippen LogP contribution in [0.4, 0.5) is 4.79 Å². The van der Waals surface area contributed by atoms with Crippen LogP contribution in [0.1, 0.15) is 48.4 Å². The number of alkyl carbamates (subject to hydrolysis) is 1. The summed E-state index contributed by atoms with van der Waals surface area (Å²) in [4.78, 5) is 38.4. The van der Waals surface area contributed by atoms with Gasteiger partial charge in [0.15, 0.2) is 0 Å². The van der Waals surface area contributed by atoms with Gasteiger partial charge in [-0.3, -0.25) is 14.5 Å². The molecule has 0 saturated carbocycles. The molecule has 1 aromatic rings. The van der Waals surface area contributed by atoms with Crippen molar-refractivity contribution >= 4 is 17.9 Å². The zero-order chi connectivity index (χ0) is 18.8. The normalized spacial score (nSPS) is 16.4. The number of fused-ring (bicyclic) bond motifs is 1. The molecule has 0 aromatic heterocycles. The molecule has 25 heavy (non-hydrogen) atoms. The summed E-state index contributed by atoms with van der Waals surface area (Å²) in [6.07, 6.45) is -0.627. The predicted octanol–water partition coefficient (Wildman–Crippen LogP) is 2.21. The number of rotatable bonds is 5. The highest BCUT2D eigenvalue weighted by atomic mass is 16.6. The highest BCUT2D eigenvalue weighted by Crippen LogP contribution is 2.25. The largest absolute Gasteiger partial charge is 0.444 e. The molecule has 0 fully saturated rings. The van der Waals surface area contributed by atoms with Crippen LogP contribution >= 0.6 is 0 Å². The zero-order valence-electron chi connectivity index (χ0n) is 15.2. The molecule has 0 unspecified atom stereocenters. The van der Waals surface area contributed by atoms with Crippen molar-refractivity contribution in [3.8, 4) is 0 Å². The quantitative estimate of drug-likeness (QED) is 0.825. The molecule has 1 heterocycles. The Morgan fingerprint density at radius 1 is 1.16 bits per heavy atom. The van der Waals surface area contributed by atoms with Gasteiger partial charge in [-0.15, -0.1) is 0 Å². The lowest BCUT2D eigenvalue weighted by Gasteiger charge is -2.31. The van der Waals surface area contributed by atoms with E-state index in [1.54, 1.807) is 52.0 Å². The molecule has 1 aromatic carbocycles. The van der Waals surface area contributed by atoms with Gasteiger partial charge in [0.05, 0.1) is 29.8 Å². The number of benzene rings is 1. The number of hydrogen-bond acceptors (Lipinski definition) is 5. The molecular weight excluding hydrogens is 324 g/mol. The molecule has 2 rings (SSSR count). The Hall–Kier alpha value is -2.41. The predicted molar refractivity (Wildman–Crippen MR) is 91.4 cm³/mol. The van der Waals surface area contributed by atoms with Crippen LogP contribution in [0, 0.1) is 0 Å². The van der Waals surface area contributed by atoms with Crippen LogP contribution in [0.15, 0.2) is 24.3 Å². The maximum absolute atomic E-state index is 12.6. The molecule has 0 aliphatic carbocycles. The van der Waals surface area contributed by atoms with Crippen molar-refractivity contribution in [1.29, 1.82) is 0 Å². The second kappa shape index (κ2) is 7.23. The van der Waals surface area contributed by atoms with Crippen molar-refractivity contribution in [2.24, 2.45) is 0 Å². The maximum atomic E-state index is 12.6. The number of carbonyl (C=O) groups is 3. The Morgan fingerprint density at radius 2 is 1.68 bits per heavy atom. The third-order valence-electron chi connectivity index (χ3n) is 3.86. The Labute approximate surface area is 147 Å². The lowest BCUT2D eigenvalue weighted by molar-refractivity contribution is 0.0351. The lowest BCUT2D eigenvalue weighted by atomic mass is 10.1. The fourth-order valence-corrected chi connectivity index (χ4v) is 2.70. The summed E-state index contributed by atoms with van der Waals surface area (Å²) in [5, 5.41) is 2.69. The first-order valence-corrected chi connectivity index (χ1v) is 8.11. The van der Waals surface area contributed by atoms with E-state index in [0.717, 1.165) is 4.90 Å². The van der Waals surface area contributed by atoms with Gasteiger partial charge in [-0.2, -0.15) is 0 Å². The van der Waals surface area contributed by atoms with Crippen molar-refractivity contribution in [1.82, 2.24) is 10.2 Å². The minimum Gasteiger partial charge on any atom is -0.444 e. The van der Waals surface area contributed by atoms with E-state index in [1.165, 1.54) is 7.11 Å². The minimum absolute atomic E-state index is 0.133. The number of ether oxygens (including phenoxy) is 2. The van der Waals surface area contributed by atoms with Crippen molar-refractivity contribution in [2.45, 2.75) is 45.4 Å². The topological polar surface area (TPSA) is 84.9 Å². The number of methoxy groups -OCH3 is 1. The summed E-state index contributed by atoms with van der Waals surface area (Å²) in [7, 11) is 1.48. The molecule has 7 nitrogen and oxygen atoms in total. The summed E-state index contributed by atoms with van der Waals surface area (Å²) in [5.41, 5.74) is 0.0843. The van der Waals surface area contributed by atoms with Gasteiger partial charge in [-0.25, -0.2) is 4.79 Å². The molecule has 0 spiro atoms. The van der Waals surface area contributed by atoms with Crippen LogP contribution < -0.4 is 5.32 Å². The van der Waals surface area contributed by atoms with E-state index in [-0.39, 0.29) is 18.4 Å². The van der Waals surface area contributed by atoms with Crippen LogP contribution in [0.3, 0.4) is 0 Å². The standard InChI is InChI=1S/C18H24N2O5/c1-11(14(10-24-5)19-17(23)25-18(2,3)4)20-15(21)12-8-6-7-9-13(12)16(20)22/h6-9,11,14H,10H2,1-5H3,(H,19,23)/t11-,14+/m0/s1. The SMILES string of the molecule is COC[C@@H](NC(=O)OC(C)(C)C)[C@H](C)N1C(=O)c2ccccc2C1=O. The monoisotopic (exact) mass is 348 g/mol. The molecular formula is C18H24N2O5. The van der Waals surface area contributed by atoms with E-state index in [9.17, 15) is 14.4 Å². The third kappa shape index (κ3) is 4.17. The van der Waals surface area contributed by atoms with Gasteiger partial charge in [0, 0.05) is 7.11 Å². The van der Waals surface area contributed by atoms with Crippen LogP contribution in [-0.4, -0.2) is 54.2 Å². The van der Waals surface area contributed by atoms with Crippen molar-refractivity contribution in [2.75, 3.05) is 13.7 Å². The van der Waals surface area contributed by atoms with Gasteiger partial charge in [0.25, 0.3) is 11.8 Å². The lowest BCUT2D eigenvalue weighted by Crippen LogP contribution is -2.54. The van der Waals surface area contributed by atoms with Crippen LogP contribution in [-0.2, 0) is 9.47 Å². The van der Waals surface area contributed by atoms with Crippen molar-refractivity contribution < 1.29 is 23.9 Å². The summed E-state index contributed by atoms with van der Waals surface area (Å²) >= 11 is 0. The first kappa shape index (κ1) is 18.9. The Bertz CT molecular complexity index is 645. The van der Waals surface area contributed by atoms with Gasteiger partial charge >= 0.3 is 6.09 Å². The first-order valence-electron chi connectivity index (χ1n) is 8.11. The fraction of sp³-hybridized carbons (Fsp3) is 0.500. The minimum atomic E-state index is -0.652. The maximum Gasteiger partial charge on any atom is 0.408 e. The van der Waals surface area contributed by atoms with Crippen molar-refractivity contribution in [3.05, 3.63) is 35.4 Å². The zero-order valence-corrected chi connectivity index (χ0v) is 15.2. The number of nitrogens with zero attached hydrogens (tertiary/aromatic N) is 1. The van der Waals surface area contributed by atoms with Gasteiger partial charge in [-0.05, 0) is 39.8 Å². The first-order chi connectivity index (χ1) is 11.7. The summed E-state index contributed by atoms with van der Waals surface area (Å²) in [5.74, 6) is -0.750. The molecule has 0 bridgehead atoms. The number of carbonyl (C=O) groups excluding carboxylic acids is 3. The summed E-state index contributed by atoms with van der Waals surface area (Å²) < 4.78 is 10.4. The van der Waals surface area contributed by atoms with E-state index in [0.29, 0.717) is 11.1 Å². The van der Waals surface area contributed by atoms with E-state index in [2.05, 4.69) is 5.32 Å². The number of hydrogen-bond donors (Lipinski definition) is 1. The Morgan fingerprint density at radius 3 is 2.12 bits per heavy atom. The molecule has 1 N–H and O–H groups in total. The molecule has 0 saturated heterocycles. The van der Waals surface area contributed by atoms with E-state index in [4.69, 9.17) is 9.47 Å².